The van der Waals surface area contributed by atoms with Gasteiger partial charge < -0.3 is 0 Å². The molecular weight excluding hydrogens is 180 g/mol. The highest BCUT2D eigenvalue weighted by atomic mass is 14.0. The van der Waals surface area contributed by atoms with E-state index in [1.807, 2.05) is 0 Å². The van der Waals surface area contributed by atoms with Crippen LogP contribution in [-0.2, 0) is 0 Å². The van der Waals surface area contributed by atoms with Gasteiger partial charge in [0.15, 0.2) is 0 Å². The highest BCUT2D eigenvalue weighted by molar-refractivity contribution is 4.96. The van der Waals surface area contributed by atoms with Crippen molar-refractivity contribution in [3.05, 3.63) is 11.6 Å². The summed E-state index contributed by atoms with van der Waals surface area (Å²) < 4.78 is 0. The fraction of sp³-hybridized carbons (Fsp3) is 0.867. The van der Waals surface area contributed by atoms with Crippen LogP contribution in [-0.4, -0.2) is 0 Å². The van der Waals surface area contributed by atoms with Crippen molar-refractivity contribution in [3.8, 4) is 0 Å². The van der Waals surface area contributed by atoms with Gasteiger partial charge in [-0.05, 0) is 26.2 Å². The van der Waals surface area contributed by atoms with E-state index in [0.717, 1.165) is 0 Å². The second kappa shape index (κ2) is 11.8. The zero-order valence-electron chi connectivity index (χ0n) is 11.1. The Kier molecular flexibility index (Phi) is 11.6. The highest BCUT2D eigenvalue weighted by Gasteiger charge is 1.92. The molecule has 0 nitrogen and oxygen atoms in total. The SMILES string of the molecule is CCC=C(C)CCCCCCCCCC. The van der Waals surface area contributed by atoms with Gasteiger partial charge in [-0.15, -0.1) is 0 Å². The van der Waals surface area contributed by atoms with Gasteiger partial charge >= 0.3 is 0 Å². The predicted molar refractivity (Wildman–Crippen MR) is 71.3 cm³/mol. The molecule has 0 atom stereocenters. The molecule has 0 aromatic rings. The van der Waals surface area contributed by atoms with Gasteiger partial charge in [0, 0.05) is 0 Å². The molecule has 0 saturated carbocycles. The smallest absolute Gasteiger partial charge is 0.0323 e. The molecule has 0 saturated heterocycles. The van der Waals surface area contributed by atoms with Crippen LogP contribution in [0.5, 0.6) is 0 Å². The first-order valence-corrected chi connectivity index (χ1v) is 6.96. The lowest BCUT2D eigenvalue weighted by Crippen LogP contribution is -1.82. The zero-order valence-corrected chi connectivity index (χ0v) is 11.1. The third kappa shape index (κ3) is 11.7. The van der Waals surface area contributed by atoms with Gasteiger partial charge in [-0.2, -0.15) is 0 Å². The maximum absolute atomic E-state index is 2.36. The third-order valence-electron chi connectivity index (χ3n) is 2.98. The average molecular weight is 210 g/mol. The number of rotatable bonds is 10. The monoisotopic (exact) mass is 210 g/mol. The summed E-state index contributed by atoms with van der Waals surface area (Å²) >= 11 is 0. The van der Waals surface area contributed by atoms with E-state index in [4.69, 9.17) is 0 Å². The molecule has 0 N–H and O–H groups in total. The minimum atomic E-state index is 1.20. The summed E-state index contributed by atoms with van der Waals surface area (Å²) in [5.74, 6) is 0. The Morgan fingerprint density at radius 3 is 1.87 bits per heavy atom. The van der Waals surface area contributed by atoms with E-state index < -0.39 is 0 Å². The minimum Gasteiger partial charge on any atom is -0.0859 e. The molecule has 0 rings (SSSR count). The van der Waals surface area contributed by atoms with Crippen molar-refractivity contribution in [2.24, 2.45) is 0 Å². The maximum atomic E-state index is 2.36. The Balaban J connectivity index is 3.08. The highest BCUT2D eigenvalue weighted by Crippen LogP contribution is 2.12. The first-order chi connectivity index (χ1) is 7.31. The fourth-order valence-corrected chi connectivity index (χ4v) is 1.99. The number of hydrogen-bond donors (Lipinski definition) is 0. The molecule has 0 amide bonds. The van der Waals surface area contributed by atoms with E-state index in [9.17, 15) is 0 Å². The lowest BCUT2D eigenvalue weighted by Gasteiger charge is -2.02. The number of allylic oxidation sites excluding steroid dienone is 2. The van der Waals surface area contributed by atoms with Crippen molar-refractivity contribution in [1.29, 1.82) is 0 Å². The fourth-order valence-electron chi connectivity index (χ4n) is 1.99. The summed E-state index contributed by atoms with van der Waals surface area (Å²) in [4.78, 5) is 0. The van der Waals surface area contributed by atoms with Crippen molar-refractivity contribution in [2.75, 3.05) is 0 Å². The van der Waals surface area contributed by atoms with Crippen LogP contribution in [0.3, 0.4) is 0 Å². The molecule has 0 unspecified atom stereocenters. The molecule has 0 aromatic heterocycles. The molecular formula is C15H30. The first-order valence-electron chi connectivity index (χ1n) is 6.96. The summed E-state index contributed by atoms with van der Waals surface area (Å²) in [6.07, 6.45) is 16.3. The lowest BCUT2D eigenvalue weighted by molar-refractivity contribution is 0.575. The summed E-state index contributed by atoms with van der Waals surface area (Å²) in [7, 11) is 0. The lowest BCUT2D eigenvalue weighted by atomic mass is 10.0. The standard InChI is InChI=1S/C15H30/c1-4-6-7-8-9-10-11-12-14-15(3)13-5-2/h13H,4-12,14H2,1-3H3. The summed E-state index contributed by atoms with van der Waals surface area (Å²) in [5.41, 5.74) is 1.59. The topological polar surface area (TPSA) is 0 Å². The third-order valence-corrected chi connectivity index (χ3v) is 2.98. The minimum absolute atomic E-state index is 1.20. The zero-order chi connectivity index (χ0) is 11.4. The molecule has 0 aliphatic rings. The van der Waals surface area contributed by atoms with Crippen molar-refractivity contribution < 1.29 is 0 Å². The predicted octanol–water partition coefficient (Wildman–Crippen LogP) is 5.87. The normalized spacial score (nSPS) is 12.1. The summed E-state index contributed by atoms with van der Waals surface area (Å²) in [6.45, 7) is 6.77. The van der Waals surface area contributed by atoms with E-state index in [2.05, 4.69) is 26.8 Å². The van der Waals surface area contributed by atoms with Gasteiger partial charge in [0.05, 0.1) is 0 Å². The van der Waals surface area contributed by atoms with Gasteiger partial charge in [0.1, 0.15) is 0 Å². The van der Waals surface area contributed by atoms with Crippen LogP contribution in [0.15, 0.2) is 11.6 Å². The molecule has 0 aromatic carbocycles. The first kappa shape index (κ1) is 14.7. The van der Waals surface area contributed by atoms with Gasteiger partial charge in [0.25, 0.3) is 0 Å². The van der Waals surface area contributed by atoms with Crippen molar-refractivity contribution in [3.63, 3.8) is 0 Å². The van der Waals surface area contributed by atoms with Crippen LogP contribution in [0.2, 0.25) is 0 Å². The van der Waals surface area contributed by atoms with Crippen LogP contribution in [0, 0.1) is 0 Å². The Labute approximate surface area is 97.2 Å². The van der Waals surface area contributed by atoms with Crippen LogP contribution in [0.1, 0.15) is 85.0 Å². The van der Waals surface area contributed by atoms with Gasteiger partial charge in [-0.25, -0.2) is 0 Å². The molecule has 90 valence electrons. The Bertz CT molecular complexity index is 144. The van der Waals surface area contributed by atoms with Crippen molar-refractivity contribution in [2.45, 2.75) is 85.0 Å². The summed E-state index contributed by atoms with van der Waals surface area (Å²) in [6, 6.07) is 0. The van der Waals surface area contributed by atoms with Crippen LogP contribution in [0.25, 0.3) is 0 Å². The van der Waals surface area contributed by atoms with Crippen LogP contribution >= 0.6 is 0 Å². The van der Waals surface area contributed by atoms with Crippen LogP contribution < -0.4 is 0 Å². The van der Waals surface area contributed by atoms with Crippen molar-refractivity contribution >= 4 is 0 Å². The quantitative estimate of drug-likeness (QED) is 0.312. The van der Waals surface area contributed by atoms with E-state index >= 15 is 0 Å². The Hall–Kier alpha value is -0.260. The van der Waals surface area contributed by atoms with Gasteiger partial charge in [-0.3, -0.25) is 0 Å². The van der Waals surface area contributed by atoms with E-state index in [1.165, 1.54) is 64.2 Å². The Morgan fingerprint density at radius 1 is 0.800 bits per heavy atom. The molecule has 0 spiro atoms. The molecule has 15 heavy (non-hydrogen) atoms. The number of unbranched alkanes of at least 4 members (excludes halogenated alkanes) is 7. The van der Waals surface area contributed by atoms with E-state index in [-0.39, 0.29) is 0 Å². The van der Waals surface area contributed by atoms with Crippen LogP contribution in [0.4, 0.5) is 0 Å². The second-order valence-corrected chi connectivity index (χ2v) is 4.68. The van der Waals surface area contributed by atoms with Gasteiger partial charge in [0.2, 0.25) is 0 Å². The average Bonchev–Trinajstić information content (AvgIpc) is 2.22. The molecule has 0 aliphatic heterocycles. The molecule has 0 heterocycles. The molecule has 0 bridgehead atoms. The van der Waals surface area contributed by atoms with Gasteiger partial charge in [-0.1, -0.05) is 70.4 Å². The second-order valence-electron chi connectivity index (χ2n) is 4.68. The summed E-state index contributed by atoms with van der Waals surface area (Å²) in [5, 5.41) is 0. The molecule has 0 aliphatic carbocycles. The number of hydrogen-bond acceptors (Lipinski definition) is 0. The largest absolute Gasteiger partial charge is 0.0859 e. The molecule has 0 fully saturated rings. The molecule has 0 radical (unpaired) electrons. The Morgan fingerprint density at radius 2 is 1.33 bits per heavy atom. The maximum Gasteiger partial charge on any atom is -0.0323 e. The molecule has 0 heteroatoms. The van der Waals surface area contributed by atoms with Crippen molar-refractivity contribution in [1.82, 2.24) is 0 Å². The van der Waals surface area contributed by atoms with E-state index in [0.29, 0.717) is 0 Å². The van der Waals surface area contributed by atoms with E-state index in [1.54, 1.807) is 5.57 Å².